The van der Waals surface area contributed by atoms with Gasteiger partial charge in [0.15, 0.2) is 0 Å². The Morgan fingerprint density at radius 2 is 1.72 bits per heavy atom. The second kappa shape index (κ2) is 8.81. The fourth-order valence-corrected chi connectivity index (χ4v) is 4.47. The minimum absolute atomic E-state index is 0.192. The fraction of sp³-hybridized carbons (Fsp3) is 0.455. The maximum absolute atomic E-state index is 12.8. The SMILES string of the molecule is OCC1O[C@@H](c2cc(Cc3ccc(C(F)(F)F)cc3)c(Cl)c3c2CCO3)[C@H](O)[C@@H](O)[C@@H]1O. The van der Waals surface area contributed by atoms with E-state index in [2.05, 4.69) is 0 Å². The van der Waals surface area contributed by atoms with Crippen molar-refractivity contribution in [3.8, 4) is 5.75 Å². The molecule has 6 nitrogen and oxygen atoms in total. The van der Waals surface area contributed by atoms with Gasteiger partial charge in [-0.2, -0.15) is 13.2 Å². The van der Waals surface area contributed by atoms with Crippen LogP contribution in [0.1, 0.15) is 33.9 Å². The summed E-state index contributed by atoms with van der Waals surface area (Å²) in [5.41, 5.74) is 1.53. The molecule has 0 radical (unpaired) electrons. The van der Waals surface area contributed by atoms with Crippen LogP contribution >= 0.6 is 11.6 Å². The number of ether oxygens (including phenoxy) is 2. The monoisotopic (exact) mass is 474 g/mol. The summed E-state index contributed by atoms with van der Waals surface area (Å²) in [5.74, 6) is 0.392. The molecule has 4 rings (SSSR count). The summed E-state index contributed by atoms with van der Waals surface area (Å²) in [6.07, 6.45) is -10.4. The van der Waals surface area contributed by atoms with E-state index in [-0.39, 0.29) is 6.42 Å². The van der Waals surface area contributed by atoms with E-state index in [0.29, 0.717) is 46.1 Å². The summed E-state index contributed by atoms with van der Waals surface area (Å²) < 4.78 is 49.9. The molecule has 5 atom stereocenters. The van der Waals surface area contributed by atoms with Crippen molar-refractivity contribution < 1.29 is 43.1 Å². The Bertz CT molecular complexity index is 979. The van der Waals surface area contributed by atoms with Crippen molar-refractivity contribution in [2.45, 2.75) is 49.5 Å². The summed E-state index contributed by atoms with van der Waals surface area (Å²) in [6, 6.07) is 6.37. The number of halogens is 4. The van der Waals surface area contributed by atoms with Gasteiger partial charge in [-0.25, -0.2) is 0 Å². The Morgan fingerprint density at radius 1 is 1.03 bits per heavy atom. The number of benzene rings is 2. The van der Waals surface area contributed by atoms with Crippen LogP contribution in [0.5, 0.6) is 5.75 Å². The van der Waals surface area contributed by atoms with Gasteiger partial charge in [0.1, 0.15) is 36.3 Å². The number of aliphatic hydroxyl groups excluding tert-OH is 4. The van der Waals surface area contributed by atoms with Crippen molar-refractivity contribution >= 4 is 11.6 Å². The van der Waals surface area contributed by atoms with E-state index in [0.717, 1.165) is 12.1 Å². The van der Waals surface area contributed by atoms with E-state index in [1.165, 1.54) is 12.1 Å². The Balaban J connectivity index is 1.71. The molecular formula is C22H22ClF3O6. The normalized spacial score (nSPS) is 27.8. The van der Waals surface area contributed by atoms with E-state index in [1.54, 1.807) is 6.07 Å². The molecule has 2 aromatic carbocycles. The Hall–Kier alpha value is -1.88. The molecule has 0 aliphatic carbocycles. The first-order valence-electron chi connectivity index (χ1n) is 10.1. The molecule has 32 heavy (non-hydrogen) atoms. The maximum atomic E-state index is 12.8. The van der Waals surface area contributed by atoms with E-state index in [9.17, 15) is 33.6 Å². The van der Waals surface area contributed by atoms with Crippen LogP contribution in [-0.4, -0.2) is 58.1 Å². The van der Waals surface area contributed by atoms with Crippen molar-refractivity contribution in [3.05, 3.63) is 63.2 Å². The van der Waals surface area contributed by atoms with E-state index < -0.39 is 48.9 Å². The predicted molar refractivity (Wildman–Crippen MR) is 108 cm³/mol. The minimum atomic E-state index is -4.44. The average Bonchev–Trinajstić information content (AvgIpc) is 3.25. The zero-order chi connectivity index (χ0) is 23.2. The van der Waals surface area contributed by atoms with Gasteiger partial charge in [-0.3, -0.25) is 0 Å². The van der Waals surface area contributed by atoms with Crippen molar-refractivity contribution in [3.63, 3.8) is 0 Å². The van der Waals surface area contributed by atoms with Crippen LogP contribution in [0, 0.1) is 0 Å². The summed E-state index contributed by atoms with van der Waals surface area (Å²) in [4.78, 5) is 0. The standard InChI is InChI=1S/C22H22ClF3O6/c23-16-11(7-10-1-3-12(4-2-10)22(24,25)26)8-14(13-5-6-31-20(13)16)21-19(30)18(29)17(28)15(9-27)32-21/h1-4,8,15,17-19,21,27-30H,5-7,9H2/t15?,17-,18+,19-,21+/m1/s1. The molecule has 2 aliphatic rings. The number of alkyl halides is 3. The fourth-order valence-electron chi connectivity index (χ4n) is 4.18. The highest BCUT2D eigenvalue weighted by Gasteiger charge is 2.45. The summed E-state index contributed by atoms with van der Waals surface area (Å²) in [5, 5.41) is 40.6. The van der Waals surface area contributed by atoms with Gasteiger partial charge in [-0.1, -0.05) is 29.8 Å². The lowest BCUT2D eigenvalue weighted by Gasteiger charge is -2.40. The highest BCUT2D eigenvalue weighted by Crippen LogP contribution is 2.44. The number of hydrogen-bond acceptors (Lipinski definition) is 6. The van der Waals surface area contributed by atoms with Gasteiger partial charge in [0.05, 0.1) is 23.8 Å². The molecule has 2 heterocycles. The quantitative estimate of drug-likeness (QED) is 0.543. The molecule has 174 valence electrons. The Labute approximate surface area is 186 Å². The van der Waals surface area contributed by atoms with Crippen molar-refractivity contribution in [1.29, 1.82) is 0 Å². The zero-order valence-corrected chi connectivity index (χ0v) is 17.5. The maximum Gasteiger partial charge on any atom is 0.416 e. The van der Waals surface area contributed by atoms with Crippen LogP contribution < -0.4 is 4.74 Å². The molecule has 2 aromatic rings. The van der Waals surface area contributed by atoms with Crippen LogP contribution in [0.4, 0.5) is 13.2 Å². The first-order valence-corrected chi connectivity index (χ1v) is 10.4. The van der Waals surface area contributed by atoms with Gasteiger partial charge in [0.25, 0.3) is 0 Å². The average molecular weight is 475 g/mol. The third-order valence-corrected chi connectivity index (χ3v) is 6.32. The van der Waals surface area contributed by atoms with Crippen LogP contribution in [0.25, 0.3) is 0 Å². The molecule has 1 unspecified atom stereocenters. The molecule has 0 amide bonds. The molecule has 1 saturated heterocycles. The molecule has 4 N–H and O–H groups in total. The molecule has 10 heteroatoms. The first-order chi connectivity index (χ1) is 15.1. The lowest BCUT2D eigenvalue weighted by molar-refractivity contribution is -0.231. The molecule has 0 aromatic heterocycles. The largest absolute Gasteiger partial charge is 0.491 e. The van der Waals surface area contributed by atoms with Crippen LogP contribution in [0.2, 0.25) is 5.02 Å². The minimum Gasteiger partial charge on any atom is -0.491 e. The van der Waals surface area contributed by atoms with Gasteiger partial charge < -0.3 is 29.9 Å². The smallest absolute Gasteiger partial charge is 0.416 e. The number of hydrogen-bond donors (Lipinski definition) is 4. The van der Waals surface area contributed by atoms with E-state index in [1.807, 2.05) is 0 Å². The highest BCUT2D eigenvalue weighted by atomic mass is 35.5. The van der Waals surface area contributed by atoms with Crippen LogP contribution in [-0.2, 0) is 23.8 Å². The lowest BCUT2D eigenvalue weighted by atomic mass is 9.87. The molecule has 1 fully saturated rings. The molecule has 0 bridgehead atoms. The van der Waals surface area contributed by atoms with Gasteiger partial charge in [-0.05, 0) is 35.2 Å². The van der Waals surface area contributed by atoms with Crippen LogP contribution in [0.15, 0.2) is 30.3 Å². The van der Waals surface area contributed by atoms with Crippen molar-refractivity contribution in [2.24, 2.45) is 0 Å². The number of fused-ring (bicyclic) bond motifs is 1. The van der Waals surface area contributed by atoms with Gasteiger partial charge in [-0.15, -0.1) is 0 Å². The summed E-state index contributed by atoms with van der Waals surface area (Å²) in [7, 11) is 0. The molecule has 0 spiro atoms. The van der Waals surface area contributed by atoms with E-state index in [4.69, 9.17) is 21.1 Å². The number of aliphatic hydroxyl groups is 4. The van der Waals surface area contributed by atoms with Crippen LogP contribution in [0.3, 0.4) is 0 Å². The van der Waals surface area contributed by atoms with Gasteiger partial charge in [0.2, 0.25) is 0 Å². The van der Waals surface area contributed by atoms with Gasteiger partial charge in [0, 0.05) is 12.0 Å². The van der Waals surface area contributed by atoms with Crippen molar-refractivity contribution in [2.75, 3.05) is 13.2 Å². The Morgan fingerprint density at radius 3 is 2.34 bits per heavy atom. The third-order valence-electron chi connectivity index (χ3n) is 5.91. The second-order valence-corrected chi connectivity index (χ2v) is 8.34. The van der Waals surface area contributed by atoms with E-state index >= 15 is 0 Å². The lowest BCUT2D eigenvalue weighted by Crippen LogP contribution is -2.55. The number of rotatable bonds is 4. The molecular weight excluding hydrogens is 453 g/mol. The molecule has 2 aliphatic heterocycles. The third kappa shape index (κ3) is 4.21. The zero-order valence-electron chi connectivity index (χ0n) is 16.7. The summed E-state index contributed by atoms with van der Waals surface area (Å²) >= 11 is 6.53. The first kappa shape index (κ1) is 23.3. The topological polar surface area (TPSA) is 99.4 Å². The summed E-state index contributed by atoms with van der Waals surface area (Å²) in [6.45, 7) is -0.227. The van der Waals surface area contributed by atoms with Gasteiger partial charge >= 0.3 is 6.18 Å². The second-order valence-electron chi connectivity index (χ2n) is 7.97. The molecule has 0 saturated carbocycles. The predicted octanol–water partition coefficient (Wildman–Crippen LogP) is 2.40. The highest BCUT2D eigenvalue weighted by molar-refractivity contribution is 6.33. The Kier molecular flexibility index (Phi) is 6.41. The van der Waals surface area contributed by atoms with Crippen molar-refractivity contribution in [1.82, 2.24) is 0 Å².